The molecule has 0 heterocycles. The third-order valence-electron chi connectivity index (χ3n) is 4.29. The molecule has 0 aliphatic carbocycles. The highest BCUT2D eigenvalue weighted by Gasteiger charge is 2.11. The van der Waals surface area contributed by atoms with Gasteiger partial charge in [-0.2, -0.15) is 0 Å². The fraction of sp³-hybridized carbons (Fsp3) is 0.375. The maximum Gasteiger partial charge on any atom is 0.125 e. The Morgan fingerprint density at radius 1 is 1.03 bits per heavy atom. The number of rotatable bonds is 11. The molecule has 5 nitrogen and oxygen atoms in total. The van der Waals surface area contributed by atoms with E-state index in [0.717, 1.165) is 40.4 Å². The van der Waals surface area contributed by atoms with Crippen LogP contribution in [-0.4, -0.2) is 32.6 Å². The second kappa shape index (κ2) is 11.8. The topological polar surface area (TPSA) is 49.3 Å². The zero-order chi connectivity index (χ0) is 21.1. The average Bonchev–Trinajstić information content (AvgIpc) is 2.70. The number of benzene rings is 2. The molecule has 2 aromatic carbocycles. The molecule has 0 saturated carbocycles. The van der Waals surface area contributed by atoms with Crippen LogP contribution in [0.2, 0.25) is 0 Å². The summed E-state index contributed by atoms with van der Waals surface area (Å²) in [5, 5.41) is 3.77. The van der Waals surface area contributed by atoms with E-state index in [1.54, 1.807) is 6.21 Å². The van der Waals surface area contributed by atoms with Crippen LogP contribution >= 0.6 is 0 Å². The first-order chi connectivity index (χ1) is 14.0. The summed E-state index contributed by atoms with van der Waals surface area (Å²) in [6, 6.07) is 11.8. The predicted octanol–water partition coefficient (Wildman–Crippen LogP) is 5.48. The van der Waals surface area contributed by atoms with Crippen molar-refractivity contribution in [3.8, 4) is 17.2 Å². The zero-order valence-corrected chi connectivity index (χ0v) is 18.0. The molecule has 0 radical (unpaired) electrons. The van der Waals surface area contributed by atoms with E-state index in [1.165, 1.54) is 7.11 Å². The summed E-state index contributed by atoms with van der Waals surface area (Å²) in [5.41, 5.74) is 3.06. The third-order valence-corrected chi connectivity index (χ3v) is 4.29. The van der Waals surface area contributed by atoms with Crippen molar-refractivity contribution in [3.05, 3.63) is 65.2 Å². The first-order valence-electron chi connectivity index (χ1n) is 9.84. The van der Waals surface area contributed by atoms with Crippen LogP contribution in [0.4, 0.5) is 0 Å². The number of hydrogen-bond donors (Lipinski definition) is 0. The van der Waals surface area contributed by atoms with E-state index in [9.17, 15) is 0 Å². The number of nitrogens with zero attached hydrogens (tertiary/aromatic N) is 1. The number of allylic oxidation sites excluding steroid dienone is 1. The zero-order valence-electron chi connectivity index (χ0n) is 18.0. The normalized spacial score (nSPS) is 12.3. The Labute approximate surface area is 173 Å². The molecule has 2 rings (SSSR count). The highest BCUT2D eigenvalue weighted by molar-refractivity contribution is 5.79. The number of hydrogen-bond acceptors (Lipinski definition) is 5. The minimum absolute atomic E-state index is 0.0282. The van der Waals surface area contributed by atoms with Crippen molar-refractivity contribution in [3.63, 3.8) is 0 Å². The SMILES string of the molecule is C/C=C/COc1cc(C)c(OC(C)CCOc2cccc(C=NOC)c2)c(C)c1. The minimum atomic E-state index is 0.0282. The van der Waals surface area contributed by atoms with Crippen molar-refractivity contribution in [1.82, 2.24) is 0 Å². The van der Waals surface area contributed by atoms with Gasteiger partial charge in [0.1, 0.15) is 31.0 Å². The molecule has 0 saturated heterocycles. The molecule has 0 N–H and O–H groups in total. The Hall–Kier alpha value is -2.95. The molecule has 0 amide bonds. The van der Waals surface area contributed by atoms with Gasteiger partial charge in [-0.3, -0.25) is 0 Å². The fourth-order valence-electron chi connectivity index (χ4n) is 2.82. The lowest BCUT2D eigenvalue weighted by Gasteiger charge is -2.19. The highest BCUT2D eigenvalue weighted by Crippen LogP contribution is 2.29. The Morgan fingerprint density at radius 3 is 2.48 bits per heavy atom. The van der Waals surface area contributed by atoms with E-state index in [2.05, 4.69) is 12.1 Å². The van der Waals surface area contributed by atoms with Crippen molar-refractivity contribution in [1.29, 1.82) is 0 Å². The van der Waals surface area contributed by atoms with Crippen LogP contribution in [0.15, 0.2) is 53.7 Å². The van der Waals surface area contributed by atoms with E-state index >= 15 is 0 Å². The molecule has 0 spiro atoms. The Balaban J connectivity index is 1.87. The van der Waals surface area contributed by atoms with Gasteiger partial charge in [-0.15, -0.1) is 0 Å². The van der Waals surface area contributed by atoms with Crippen molar-refractivity contribution in [2.24, 2.45) is 5.16 Å². The fourth-order valence-corrected chi connectivity index (χ4v) is 2.82. The van der Waals surface area contributed by atoms with Gasteiger partial charge in [0.15, 0.2) is 0 Å². The van der Waals surface area contributed by atoms with E-state index in [1.807, 2.05) is 69.3 Å². The van der Waals surface area contributed by atoms with Gasteiger partial charge in [-0.1, -0.05) is 29.4 Å². The van der Waals surface area contributed by atoms with Crippen molar-refractivity contribution >= 4 is 6.21 Å². The molecule has 5 heteroatoms. The molecule has 156 valence electrons. The number of oxime groups is 1. The molecule has 0 aromatic heterocycles. The summed E-state index contributed by atoms with van der Waals surface area (Å²) < 4.78 is 17.8. The summed E-state index contributed by atoms with van der Waals surface area (Å²) in [6.45, 7) is 9.26. The molecule has 1 atom stereocenters. The third kappa shape index (κ3) is 7.53. The monoisotopic (exact) mass is 397 g/mol. The van der Waals surface area contributed by atoms with E-state index in [-0.39, 0.29) is 6.10 Å². The second-order valence-corrected chi connectivity index (χ2v) is 6.82. The van der Waals surface area contributed by atoms with Gasteiger partial charge in [0, 0.05) is 6.42 Å². The summed E-state index contributed by atoms with van der Waals surface area (Å²) in [6.07, 6.45) is 6.41. The van der Waals surface area contributed by atoms with Gasteiger partial charge in [0.05, 0.1) is 18.9 Å². The number of aryl methyl sites for hydroxylation is 2. The molecule has 0 aliphatic rings. The average molecular weight is 398 g/mol. The van der Waals surface area contributed by atoms with Crippen molar-refractivity contribution < 1.29 is 19.0 Å². The molecule has 2 aromatic rings. The van der Waals surface area contributed by atoms with Gasteiger partial charge in [-0.05, 0) is 68.7 Å². The summed E-state index contributed by atoms with van der Waals surface area (Å²) in [5.74, 6) is 2.57. The maximum atomic E-state index is 6.18. The van der Waals surface area contributed by atoms with Crippen LogP contribution in [0, 0.1) is 13.8 Å². The van der Waals surface area contributed by atoms with Crippen LogP contribution in [0.1, 0.15) is 37.0 Å². The summed E-state index contributed by atoms with van der Waals surface area (Å²) in [4.78, 5) is 4.71. The van der Waals surface area contributed by atoms with Gasteiger partial charge >= 0.3 is 0 Å². The standard InChI is InChI=1S/C24H31NO4/c1-6-7-12-27-23-14-18(2)24(19(3)15-23)29-20(4)11-13-28-22-10-8-9-21(16-22)17-25-26-5/h6-10,14-17,20H,11-13H2,1-5H3/b7-6+,25-17?. The van der Waals surface area contributed by atoms with Crippen LogP contribution in [0.25, 0.3) is 0 Å². The van der Waals surface area contributed by atoms with Gasteiger partial charge in [0.2, 0.25) is 0 Å². The van der Waals surface area contributed by atoms with Gasteiger partial charge in [0.25, 0.3) is 0 Å². The van der Waals surface area contributed by atoms with Gasteiger partial charge < -0.3 is 19.0 Å². The Kier molecular flexibility index (Phi) is 9.09. The van der Waals surface area contributed by atoms with Crippen molar-refractivity contribution in [2.45, 2.75) is 40.2 Å². The predicted molar refractivity (Wildman–Crippen MR) is 117 cm³/mol. The molecule has 1 unspecified atom stereocenters. The maximum absolute atomic E-state index is 6.18. The van der Waals surface area contributed by atoms with Crippen LogP contribution in [-0.2, 0) is 4.84 Å². The van der Waals surface area contributed by atoms with Crippen LogP contribution in [0.3, 0.4) is 0 Å². The second-order valence-electron chi connectivity index (χ2n) is 6.82. The molecule has 0 aliphatic heterocycles. The molecule has 29 heavy (non-hydrogen) atoms. The summed E-state index contributed by atoms with van der Waals surface area (Å²) in [7, 11) is 1.52. The van der Waals surface area contributed by atoms with E-state index in [0.29, 0.717) is 13.2 Å². The van der Waals surface area contributed by atoms with Crippen LogP contribution < -0.4 is 14.2 Å². The van der Waals surface area contributed by atoms with E-state index in [4.69, 9.17) is 19.0 Å². The van der Waals surface area contributed by atoms with E-state index < -0.39 is 0 Å². The lowest BCUT2D eigenvalue weighted by atomic mass is 10.1. The quantitative estimate of drug-likeness (QED) is 0.286. The first kappa shape index (κ1) is 22.3. The Bertz CT molecular complexity index is 806. The lowest BCUT2D eigenvalue weighted by Crippen LogP contribution is -2.17. The van der Waals surface area contributed by atoms with Gasteiger partial charge in [-0.25, -0.2) is 0 Å². The highest BCUT2D eigenvalue weighted by atomic mass is 16.6. The lowest BCUT2D eigenvalue weighted by molar-refractivity contribution is 0.175. The molecular formula is C24H31NO4. The summed E-state index contributed by atoms with van der Waals surface area (Å²) >= 11 is 0. The minimum Gasteiger partial charge on any atom is -0.493 e. The largest absolute Gasteiger partial charge is 0.493 e. The molecule has 0 bridgehead atoms. The smallest absolute Gasteiger partial charge is 0.125 e. The Morgan fingerprint density at radius 2 is 1.79 bits per heavy atom. The van der Waals surface area contributed by atoms with Crippen molar-refractivity contribution in [2.75, 3.05) is 20.3 Å². The molecular weight excluding hydrogens is 366 g/mol. The molecule has 0 fully saturated rings. The first-order valence-corrected chi connectivity index (χ1v) is 9.84. The number of ether oxygens (including phenoxy) is 3. The van der Waals surface area contributed by atoms with Crippen LogP contribution in [0.5, 0.6) is 17.2 Å².